The second-order valence-corrected chi connectivity index (χ2v) is 3.94. The van der Waals surface area contributed by atoms with Gasteiger partial charge < -0.3 is 10.6 Å². The van der Waals surface area contributed by atoms with E-state index in [1.807, 2.05) is 6.92 Å². The molecule has 96 valence electrons. The number of rotatable bonds is 2. The summed E-state index contributed by atoms with van der Waals surface area (Å²) in [5.41, 5.74) is 0. The molecule has 1 heterocycles. The highest BCUT2D eigenvalue weighted by molar-refractivity contribution is 5.85. The molecule has 0 radical (unpaired) electrons. The minimum atomic E-state index is -4.41. The Morgan fingerprint density at radius 3 is 2.62 bits per heavy atom. The summed E-state index contributed by atoms with van der Waals surface area (Å²) >= 11 is 0. The molecule has 2 N–H and O–H groups in total. The van der Waals surface area contributed by atoms with E-state index in [4.69, 9.17) is 0 Å². The van der Waals surface area contributed by atoms with Gasteiger partial charge in [-0.3, -0.25) is 4.79 Å². The minimum Gasteiger partial charge on any atom is -0.353 e. The Morgan fingerprint density at radius 2 is 2.12 bits per heavy atom. The number of hydrogen-bond acceptors (Lipinski definition) is 2. The molecule has 1 saturated heterocycles. The van der Waals surface area contributed by atoms with E-state index >= 15 is 0 Å². The van der Waals surface area contributed by atoms with Crippen molar-refractivity contribution in [2.24, 2.45) is 0 Å². The fraction of sp³-hybridized carbons (Fsp3) is 0.889. The lowest BCUT2D eigenvalue weighted by Crippen LogP contribution is -2.47. The van der Waals surface area contributed by atoms with Crippen molar-refractivity contribution in [1.29, 1.82) is 0 Å². The van der Waals surface area contributed by atoms with E-state index in [9.17, 15) is 18.0 Å². The second-order valence-electron chi connectivity index (χ2n) is 3.94. The Labute approximate surface area is 98.6 Å². The van der Waals surface area contributed by atoms with Crippen LogP contribution in [0.5, 0.6) is 0 Å². The highest BCUT2D eigenvalue weighted by Gasteiger charge is 2.32. The standard InChI is InChI=1S/C9H15F3N2O.ClH/c1-6-4-7(2-3-13-6)14-8(15)5-9(10,11)12;/h6-7,13H,2-5H2,1H3,(H,14,15);1H. The van der Waals surface area contributed by atoms with Crippen molar-refractivity contribution in [2.45, 2.75) is 44.4 Å². The van der Waals surface area contributed by atoms with Gasteiger partial charge in [-0.2, -0.15) is 13.2 Å². The van der Waals surface area contributed by atoms with Crippen LogP contribution < -0.4 is 10.6 Å². The number of nitrogens with one attached hydrogen (secondary N) is 2. The van der Waals surface area contributed by atoms with E-state index in [1.165, 1.54) is 0 Å². The van der Waals surface area contributed by atoms with E-state index < -0.39 is 18.5 Å². The Hall–Kier alpha value is -0.490. The van der Waals surface area contributed by atoms with Gasteiger partial charge in [0.2, 0.25) is 5.91 Å². The van der Waals surface area contributed by atoms with E-state index in [2.05, 4.69) is 10.6 Å². The Morgan fingerprint density at radius 1 is 1.50 bits per heavy atom. The number of carbonyl (C=O) groups excluding carboxylic acids is 1. The molecule has 0 aromatic rings. The molecule has 3 nitrogen and oxygen atoms in total. The molecule has 2 atom stereocenters. The van der Waals surface area contributed by atoms with Crippen molar-refractivity contribution in [3.8, 4) is 0 Å². The maximum absolute atomic E-state index is 11.9. The van der Waals surface area contributed by atoms with Gasteiger partial charge >= 0.3 is 6.18 Å². The summed E-state index contributed by atoms with van der Waals surface area (Å²) in [5, 5.41) is 5.57. The van der Waals surface area contributed by atoms with E-state index in [1.54, 1.807) is 0 Å². The van der Waals surface area contributed by atoms with Gasteiger partial charge in [0.25, 0.3) is 0 Å². The first-order chi connectivity index (χ1) is 6.87. The zero-order chi connectivity index (χ0) is 11.5. The summed E-state index contributed by atoms with van der Waals surface area (Å²) in [7, 11) is 0. The summed E-state index contributed by atoms with van der Waals surface area (Å²) in [5.74, 6) is -0.929. The number of hydrogen-bond donors (Lipinski definition) is 2. The average Bonchev–Trinajstić information content (AvgIpc) is 1.99. The van der Waals surface area contributed by atoms with Gasteiger partial charge in [0.15, 0.2) is 0 Å². The monoisotopic (exact) mass is 260 g/mol. The lowest BCUT2D eigenvalue weighted by molar-refractivity contribution is -0.154. The van der Waals surface area contributed by atoms with Crippen LogP contribution in [0.15, 0.2) is 0 Å². The van der Waals surface area contributed by atoms with E-state index in [0.717, 1.165) is 6.54 Å². The van der Waals surface area contributed by atoms with Crippen molar-refractivity contribution in [3.63, 3.8) is 0 Å². The molecule has 0 bridgehead atoms. The number of alkyl halides is 3. The summed E-state index contributed by atoms with van der Waals surface area (Å²) in [4.78, 5) is 11.0. The van der Waals surface area contributed by atoms with E-state index in [0.29, 0.717) is 12.8 Å². The molecule has 0 saturated carbocycles. The summed E-state index contributed by atoms with van der Waals surface area (Å²) in [6.45, 7) is 2.68. The maximum Gasteiger partial charge on any atom is 0.397 e. The quantitative estimate of drug-likeness (QED) is 0.792. The molecule has 0 aromatic carbocycles. The molecule has 1 aliphatic rings. The fourth-order valence-electron chi connectivity index (χ4n) is 1.72. The number of halogens is 4. The zero-order valence-corrected chi connectivity index (χ0v) is 9.75. The van der Waals surface area contributed by atoms with Crippen molar-refractivity contribution >= 4 is 18.3 Å². The van der Waals surface area contributed by atoms with Crippen molar-refractivity contribution in [1.82, 2.24) is 10.6 Å². The number of carbonyl (C=O) groups is 1. The third-order valence-electron chi connectivity index (χ3n) is 2.35. The van der Waals surface area contributed by atoms with Crippen LogP contribution in [0, 0.1) is 0 Å². The van der Waals surface area contributed by atoms with Crippen LogP contribution >= 0.6 is 12.4 Å². The average molecular weight is 261 g/mol. The molecule has 16 heavy (non-hydrogen) atoms. The molecular weight excluding hydrogens is 245 g/mol. The molecule has 0 aromatic heterocycles. The van der Waals surface area contributed by atoms with Crippen LogP contribution in [0.3, 0.4) is 0 Å². The van der Waals surface area contributed by atoms with E-state index in [-0.39, 0.29) is 24.5 Å². The highest BCUT2D eigenvalue weighted by atomic mass is 35.5. The molecule has 2 unspecified atom stereocenters. The predicted octanol–water partition coefficient (Wildman–Crippen LogP) is 1.62. The third kappa shape index (κ3) is 6.17. The van der Waals surface area contributed by atoms with Crippen LogP contribution in [-0.4, -0.2) is 30.7 Å². The highest BCUT2D eigenvalue weighted by Crippen LogP contribution is 2.19. The molecule has 0 aliphatic carbocycles. The Bertz CT molecular complexity index is 235. The molecule has 0 spiro atoms. The Kier molecular flexibility index (Phi) is 6.10. The summed E-state index contributed by atoms with van der Waals surface area (Å²) in [6.07, 6.45) is -4.43. The van der Waals surface area contributed by atoms with Crippen LogP contribution in [0.2, 0.25) is 0 Å². The van der Waals surface area contributed by atoms with Crippen LogP contribution in [-0.2, 0) is 4.79 Å². The molecular formula is C9H16ClF3N2O. The normalized spacial score (nSPS) is 25.8. The summed E-state index contributed by atoms with van der Waals surface area (Å²) in [6, 6.07) is 0.117. The van der Waals surface area contributed by atoms with Crippen molar-refractivity contribution < 1.29 is 18.0 Å². The van der Waals surface area contributed by atoms with Gasteiger partial charge in [0.05, 0.1) is 0 Å². The summed E-state index contributed by atoms with van der Waals surface area (Å²) < 4.78 is 35.6. The fourth-order valence-corrected chi connectivity index (χ4v) is 1.72. The van der Waals surface area contributed by atoms with Crippen LogP contribution in [0.1, 0.15) is 26.2 Å². The lowest BCUT2D eigenvalue weighted by atomic mass is 10.0. The molecule has 1 aliphatic heterocycles. The zero-order valence-electron chi connectivity index (χ0n) is 8.93. The smallest absolute Gasteiger partial charge is 0.353 e. The van der Waals surface area contributed by atoms with Crippen LogP contribution in [0.25, 0.3) is 0 Å². The van der Waals surface area contributed by atoms with Gasteiger partial charge in [0.1, 0.15) is 6.42 Å². The SMILES string of the molecule is CC1CC(NC(=O)CC(F)(F)F)CCN1.Cl. The maximum atomic E-state index is 11.9. The van der Waals surface area contributed by atoms with Gasteiger partial charge in [-0.25, -0.2) is 0 Å². The first kappa shape index (κ1) is 15.5. The van der Waals surface area contributed by atoms with Crippen molar-refractivity contribution in [3.05, 3.63) is 0 Å². The van der Waals surface area contributed by atoms with Crippen LogP contribution in [0.4, 0.5) is 13.2 Å². The van der Waals surface area contributed by atoms with Gasteiger partial charge in [-0.15, -0.1) is 12.4 Å². The molecule has 1 amide bonds. The minimum absolute atomic E-state index is 0. The lowest BCUT2D eigenvalue weighted by Gasteiger charge is -2.28. The first-order valence-corrected chi connectivity index (χ1v) is 4.96. The predicted molar refractivity (Wildman–Crippen MR) is 56.5 cm³/mol. The molecule has 1 fully saturated rings. The largest absolute Gasteiger partial charge is 0.397 e. The Balaban J connectivity index is 0.00000225. The molecule has 1 rings (SSSR count). The van der Waals surface area contributed by atoms with Crippen molar-refractivity contribution in [2.75, 3.05) is 6.54 Å². The van der Waals surface area contributed by atoms with Gasteiger partial charge in [0, 0.05) is 12.1 Å². The number of piperidine rings is 1. The molecule has 7 heteroatoms. The van der Waals surface area contributed by atoms with Gasteiger partial charge in [-0.05, 0) is 26.3 Å². The first-order valence-electron chi connectivity index (χ1n) is 4.96. The second kappa shape index (κ2) is 6.30. The topological polar surface area (TPSA) is 41.1 Å². The number of amides is 1. The van der Waals surface area contributed by atoms with Gasteiger partial charge in [-0.1, -0.05) is 0 Å². The third-order valence-corrected chi connectivity index (χ3v) is 2.35.